The highest BCUT2D eigenvalue weighted by atomic mass is 16.5. The first kappa shape index (κ1) is 58.2. The maximum Gasteiger partial charge on any atom is 0.119 e. The minimum atomic E-state index is 0.644. The van der Waals surface area contributed by atoms with E-state index in [1.165, 1.54) is 38.5 Å². The van der Waals surface area contributed by atoms with E-state index in [2.05, 4.69) is 224 Å². The molecule has 0 atom stereocenters. The molecule has 11 nitrogen and oxygen atoms in total. The highest BCUT2D eigenvalue weighted by molar-refractivity contribution is 6.00. The fourth-order valence-corrected chi connectivity index (χ4v) is 10.6. The lowest BCUT2D eigenvalue weighted by Crippen LogP contribution is -2.36. The van der Waals surface area contributed by atoms with E-state index in [0.29, 0.717) is 26.4 Å². The minimum absolute atomic E-state index is 0.644. The van der Waals surface area contributed by atoms with Gasteiger partial charge in [0.2, 0.25) is 0 Å². The number of nitrogens with zero attached hydrogens (tertiary/aromatic N) is 5. The van der Waals surface area contributed by atoms with E-state index in [-0.39, 0.29) is 0 Å². The molecule has 4 aromatic carbocycles. The van der Waals surface area contributed by atoms with E-state index in [4.69, 9.17) is 28.9 Å². The van der Waals surface area contributed by atoms with Crippen LogP contribution in [0.4, 0.5) is 0 Å². The van der Waals surface area contributed by atoms with Gasteiger partial charge in [-0.1, -0.05) is 94.0 Å². The maximum atomic E-state index is 6.33. The highest BCUT2D eigenvalue weighted by Crippen LogP contribution is 2.40. The maximum absolute atomic E-state index is 6.33. The Labute approximate surface area is 482 Å². The van der Waals surface area contributed by atoms with Crippen LogP contribution in [-0.2, 0) is 0 Å². The first-order valence-corrected chi connectivity index (χ1v) is 29.5. The molecule has 81 heavy (non-hydrogen) atoms. The van der Waals surface area contributed by atoms with Crippen molar-refractivity contribution in [3.63, 3.8) is 0 Å². The van der Waals surface area contributed by atoms with Crippen LogP contribution in [0.1, 0.15) is 93.9 Å². The van der Waals surface area contributed by atoms with Gasteiger partial charge in [-0.15, -0.1) is 0 Å². The molecule has 0 radical (unpaired) electrons. The first-order chi connectivity index (χ1) is 39.2. The van der Waals surface area contributed by atoms with Crippen LogP contribution in [0.5, 0.6) is 23.0 Å². The van der Waals surface area contributed by atoms with Crippen molar-refractivity contribution in [3.8, 4) is 67.5 Å². The first-order valence-electron chi connectivity index (χ1n) is 29.5. The molecular weight excluding hydrogens is 1000 g/mol. The molecule has 7 aromatic rings. The number of H-pyrrole nitrogens is 2. The monoisotopic (exact) mass is 1090 g/mol. The van der Waals surface area contributed by atoms with E-state index in [1.807, 2.05) is 0 Å². The van der Waals surface area contributed by atoms with Crippen LogP contribution in [0.2, 0.25) is 0 Å². The number of aromatic amines is 2. The number of hydrogen-bond acceptors (Lipinski definition) is 7. The molecule has 2 aliphatic rings. The average molecular weight is 1090 g/mol. The summed E-state index contributed by atoms with van der Waals surface area (Å²) in [6.45, 7) is 7.96. The molecule has 8 bridgehead atoms. The third-order valence-electron chi connectivity index (χ3n) is 14.8. The Morgan fingerprint density at radius 2 is 0.642 bits per heavy atom. The lowest BCUT2D eigenvalue weighted by Gasteiger charge is -2.23. The Morgan fingerprint density at radius 1 is 0.358 bits per heavy atom. The molecule has 5 heterocycles. The summed E-state index contributed by atoms with van der Waals surface area (Å²) in [7, 11) is 17.5. The van der Waals surface area contributed by atoms with Gasteiger partial charge in [0.25, 0.3) is 0 Å². The van der Waals surface area contributed by atoms with Crippen LogP contribution in [0, 0.1) is 0 Å². The summed E-state index contributed by atoms with van der Waals surface area (Å²) in [5, 5.41) is 0. The number of benzene rings is 4. The molecule has 0 unspecified atom stereocenters. The molecule has 0 saturated carbocycles. The standard InChI is InChI=1S/C70H87N7O4/c1-10-11-12-13-14-15-16-47-78-55-28-20-51(21-29-55)67-59-36-38-61(71-59)68(52-22-30-56(31-23-52)79-48-17-44-75(2)3)62-39-41-64(73-62)70(54-26-34-58(35-27-54)81-50-19-46-77(7,8)9)66-43-42-65(74-66)69(63-40-37-60(67)72-63)53-24-32-57(33-25-53)80-49-18-45-76(4,5)6/h20-43,71,74H,10-19,44-50H2,1-9H3/q+2. The largest absolute Gasteiger partial charge is 0.494 e. The molecular formula is C70H87N7O4+2. The van der Waals surface area contributed by atoms with Gasteiger partial charge >= 0.3 is 0 Å². The van der Waals surface area contributed by atoms with Crippen molar-refractivity contribution in [1.29, 1.82) is 0 Å². The summed E-state index contributed by atoms with van der Waals surface area (Å²) in [5.41, 5.74) is 15.1. The Bertz CT molecular complexity index is 3390. The Hall–Kier alpha value is -7.44. The smallest absolute Gasteiger partial charge is 0.119 e. The molecule has 3 aromatic heterocycles. The second kappa shape index (κ2) is 27.3. The molecule has 0 amide bonds. The summed E-state index contributed by atoms with van der Waals surface area (Å²) in [4.78, 5) is 21.2. The fourth-order valence-electron chi connectivity index (χ4n) is 10.6. The van der Waals surface area contributed by atoms with Gasteiger partial charge in [-0.25, -0.2) is 9.97 Å². The van der Waals surface area contributed by atoms with Gasteiger partial charge in [0.1, 0.15) is 23.0 Å². The lowest BCUT2D eigenvalue weighted by molar-refractivity contribution is -0.870. The predicted octanol–water partition coefficient (Wildman–Crippen LogP) is 15.7. The zero-order valence-corrected chi connectivity index (χ0v) is 49.7. The second-order valence-electron chi connectivity index (χ2n) is 24.0. The predicted molar refractivity (Wildman–Crippen MR) is 339 cm³/mol. The van der Waals surface area contributed by atoms with Gasteiger partial charge in [-0.2, -0.15) is 0 Å². The number of nitrogens with one attached hydrogen (secondary N) is 2. The third kappa shape index (κ3) is 16.2. The molecule has 2 N–H and O–H groups in total. The number of rotatable bonds is 28. The summed E-state index contributed by atoms with van der Waals surface area (Å²) >= 11 is 0. The van der Waals surface area contributed by atoms with Crippen LogP contribution in [0.15, 0.2) is 121 Å². The van der Waals surface area contributed by atoms with Gasteiger partial charge < -0.3 is 42.8 Å². The van der Waals surface area contributed by atoms with Crippen molar-refractivity contribution < 1.29 is 27.9 Å². The van der Waals surface area contributed by atoms with Gasteiger partial charge in [0.05, 0.1) is 105 Å². The summed E-state index contributed by atoms with van der Waals surface area (Å²) in [6, 6.07) is 42.6. The van der Waals surface area contributed by atoms with E-state index in [0.717, 1.165) is 167 Å². The van der Waals surface area contributed by atoms with Crippen LogP contribution < -0.4 is 18.9 Å². The minimum Gasteiger partial charge on any atom is -0.494 e. The van der Waals surface area contributed by atoms with E-state index in [1.54, 1.807) is 0 Å². The number of hydrogen-bond donors (Lipinski definition) is 2. The number of fused-ring (bicyclic) bond motifs is 8. The second-order valence-corrected chi connectivity index (χ2v) is 24.0. The summed E-state index contributed by atoms with van der Waals surface area (Å²) in [6.07, 6.45) is 20.2. The Balaban J connectivity index is 1.20. The molecule has 424 valence electrons. The third-order valence-corrected chi connectivity index (χ3v) is 14.8. The normalized spacial score (nSPS) is 12.4. The molecule has 0 fully saturated rings. The zero-order valence-electron chi connectivity index (χ0n) is 49.7. The van der Waals surface area contributed by atoms with Crippen LogP contribution >= 0.6 is 0 Å². The highest BCUT2D eigenvalue weighted by Gasteiger charge is 2.20. The molecule has 0 spiro atoms. The number of ether oxygens (including phenoxy) is 4. The summed E-state index contributed by atoms with van der Waals surface area (Å²) < 4.78 is 27.0. The van der Waals surface area contributed by atoms with E-state index < -0.39 is 0 Å². The van der Waals surface area contributed by atoms with Gasteiger partial charge in [0, 0.05) is 63.7 Å². The molecule has 9 rings (SSSR count). The Kier molecular flexibility index (Phi) is 19.7. The quantitative estimate of drug-likeness (QED) is 0.0372. The van der Waals surface area contributed by atoms with Crippen molar-refractivity contribution in [2.24, 2.45) is 0 Å². The van der Waals surface area contributed by atoms with Crippen molar-refractivity contribution in [3.05, 3.63) is 144 Å². The SMILES string of the molecule is CCCCCCCCCOc1ccc(-c2c3nc(c(-c4ccc(OCCC[N+](C)(C)C)cc4)c4ccc([nH]4)c(-c4ccc(OCCC[N+](C)(C)C)cc4)c4nc(c(-c5ccc(OCCCN(C)C)cc5)c5ccc2[nH]5)C=C4)C=C3)cc1. The number of aromatic nitrogens is 4. The van der Waals surface area contributed by atoms with E-state index >= 15 is 0 Å². The lowest BCUT2D eigenvalue weighted by atomic mass is 10.0. The Morgan fingerprint density at radius 3 is 0.938 bits per heavy atom. The van der Waals surface area contributed by atoms with Gasteiger partial charge in [0.15, 0.2) is 0 Å². The van der Waals surface area contributed by atoms with Crippen molar-refractivity contribution in [2.75, 3.05) is 102 Å². The van der Waals surface area contributed by atoms with Crippen LogP contribution in [-0.4, -0.2) is 136 Å². The van der Waals surface area contributed by atoms with Crippen molar-refractivity contribution in [2.45, 2.75) is 71.1 Å². The van der Waals surface area contributed by atoms with Gasteiger partial charge in [-0.3, -0.25) is 0 Å². The number of unbranched alkanes of at least 4 members (excludes halogenated alkanes) is 6. The molecule has 2 aliphatic heterocycles. The van der Waals surface area contributed by atoms with Crippen molar-refractivity contribution in [1.82, 2.24) is 24.8 Å². The topological polar surface area (TPSA) is 97.5 Å². The molecule has 11 heteroatoms. The fraction of sp³-hybridized carbons (Fsp3) is 0.371. The van der Waals surface area contributed by atoms with Crippen LogP contribution in [0.25, 0.3) is 90.9 Å². The van der Waals surface area contributed by atoms with Crippen molar-refractivity contribution >= 4 is 46.4 Å². The average Bonchev–Trinajstić information content (AvgIpc) is 4.32. The summed E-state index contributed by atoms with van der Waals surface area (Å²) in [5.74, 6) is 3.39. The molecule has 0 aliphatic carbocycles. The zero-order chi connectivity index (χ0) is 56.8. The number of quaternary nitrogens is 2. The van der Waals surface area contributed by atoms with Gasteiger partial charge in [-0.05, 0) is 146 Å². The molecule has 0 saturated heterocycles. The van der Waals surface area contributed by atoms with E-state index in [9.17, 15) is 0 Å². The van der Waals surface area contributed by atoms with Crippen LogP contribution in [0.3, 0.4) is 0 Å².